The Labute approximate surface area is 194 Å². The third kappa shape index (κ3) is 4.19. The fraction of sp³-hybridized carbons (Fsp3) is 0.522. The van der Waals surface area contributed by atoms with E-state index in [4.69, 9.17) is 19.8 Å². The molecule has 0 unspecified atom stereocenters. The molecule has 174 valence electrons. The third-order valence-electron chi connectivity index (χ3n) is 6.97. The van der Waals surface area contributed by atoms with E-state index in [1.54, 1.807) is 29.1 Å². The topological polar surface area (TPSA) is 124 Å². The predicted molar refractivity (Wildman–Crippen MR) is 125 cm³/mol. The van der Waals surface area contributed by atoms with Crippen LogP contribution in [0.1, 0.15) is 63.4 Å². The van der Waals surface area contributed by atoms with Gasteiger partial charge in [0, 0.05) is 5.69 Å². The Morgan fingerprint density at radius 1 is 1.30 bits per heavy atom. The van der Waals surface area contributed by atoms with Gasteiger partial charge in [-0.1, -0.05) is 0 Å². The maximum Gasteiger partial charge on any atom is 0.495 e. The average Bonchev–Trinajstić information content (AvgIpc) is 3.43. The van der Waals surface area contributed by atoms with Crippen LogP contribution in [0.3, 0.4) is 0 Å². The summed E-state index contributed by atoms with van der Waals surface area (Å²) in [5, 5.41) is 17.3. The van der Waals surface area contributed by atoms with Gasteiger partial charge in [-0.15, -0.1) is 0 Å². The molecule has 2 heterocycles. The number of aromatic nitrogens is 2. The van der Waals surface area contributed by atoms with Gasteiger partial charge in [-0.3, -0.25) is 4.68 Å². The molecule has 1 aromatic carbocycles. The second-order valence-corrected chi connectivity index (χ2v) is 9.65. The average molecular weight is 451 g/mol. The fourth-order valence-corrected chi connectivity index (χ4v) is 4.32. The number of nitrogen functional groups attached to an aromatic ring is 1. The van der Waals surface area contributed by atoms with E-state index in [1.165, 1.54) is 7.11 Å². The van der Waals surface area contributed by atoms with Crippen LogP contribution in [0.15, 0.2) is 24.4 Å². The van der Waals surface area contributed by atoms with Gasteiger partial charge < -0.3 is 25.1 Å². The van der Waals surface area contributed by atoms with Gasteiger partial charge in [0.25, 0.3) is 0 Å². The molecule has 2 fully saturated rings. The van der Waals surface area contributed by atoms with E-state index in [0.717, 1.165) is 19.3 Å². The monoisotopic (exact) mass is 451 g/mol. The first kappa shape index (κ1) is 23.1. The van der Waals surface area contributed by atoms with Crippen LogP contribution in [0, 0.1) is 17.2 Å². The fourth-order valence-electron chi connectivity index (χ4n) is 4.32. The summed E-state index contributed by atoms with van der Waals surface area (Å²) in [7, 11) is 0.600. The lowest BCUT2D eigenvalue weighted by atomic mass is 9.75. The molecule has 2 atom stereocenters. The van der Waals surface area contributed by atoms with Gasteiger partial charge in [0.2, 0.25) is 0 Å². The minimum absolute atomic E-state index is 0.0230. The van der Waals surface area contributed by atoms with Gasteiger partial charge in [-0.2, -0.15) is 10.4 Å². The van der Waals surface area contributed by atoms with Crippen molar-refractivity contribution in [2.45, 2.75) is 64.2 Å². The second-order valence-electron chi connectivity index (χ2n) is 9.65. The van der Waals surface area contributed by atoms with Crippen molar-refractivity contribution in [3.8, 4) is 6.07 Å². The summed E-state index contributed by atoms with van der Waals surface area (Å²) in [4.78, 5) is 12.4. The summed E-state index contributed by atoms with van der Waals surface area (Å²) in [5.74, 6) is -0.0467. The minimum Gasteiger partial charge on any atom is -0.465 e. The van der Waals surface area contributed by atoms with E-state index in [1.807, 2.05) is 27.7 Å². The SMILES string of the molecule is COC(=O)c1ccc(Nc2nn([C@@H]3CCC[C@H]3C#N)cc2N)cc1B1OC(C)(C)C(C)(C)O1. The van der Waals surface area contributed by atoms with E-state index in [-0.39, 0.29) is 12.0 Å². The van der Waals surface area contributed by atoms with Gasteiger partial charge in [0.05, 0.1) is 53.8 Å². The third-order valence-corrected chi connectivity index (χ3v) is 6.97. The number of nitriles is 1. The molecule has 1 saturated carbocycles. The molecular weight excluding hydrogens is 421 g/mol. The van der Waals surface area contributed by atoms with Gasteiger partial charge in [0.1, 0.15) is 0 Å². The highest BCUT2D eigenvalue weighted by molar-refractivity contribution is 6.63. The summed E-state index contributed by atoms with van der Waals surface area (Å²) in [5.41, 5.74) is 7.18. The van der Waals surface area contributed by atoms with Crippen molar-refractivity contribution in [1.29, 1.82) is 5.26 Å². The molecule has 4 rings (SSSR count). The largest absolute Gasteiger partial charge is 0.495 e. The number of hydrogen-bond acceptors (Lipinski definition) is 8. The lowest BCUT2D eigenvalue weighted by Gasteiger charge is -2.32. The normalized spacial score (nSPS) is 23.3. The first-order valence-corrected chi connectivity index (χ1v) is 11.2. The molecule has 0 spiro atoms. The van der Waals surface area contributed by atoms with Gasteiger partial charge in [0.15, 0.2) is 5.82 Å². The van der Waals surface area contributed by atoms with Crippen molar-refractivity contribution in [2.75, 3.05) is 18.2 Å². The molecular formula is C23H30BN5O4. The molecule has 1 aromatic heterocycles. The highest BCUT2D eigenvalue weighted by Gasteiger charge is 2.52. The minimum atomic E-state index is -0.740. The van der Waals surface area contributed by atoms with Crippen molar-refractivity contribution >= 4 is 35.7 Å². The van der Waals surface area contributed by atoms with Crippen LogP contribution < -0.4 is 16.5 Å². The van der Waals surface area contributed by atoms with Gasteiger partial charge >= 0.3 is 13.1 Å². The van der Waals surface area contributed by atoms with Crippen LogP contribution in [0.4, 0.5) is 17.2 Å². The lowest BCUT2D eigenvalue weighted by Crippen LogP contribution is -2.41. The summed E-state index contributed by atoms with van der Waals surface area (Å²) in [6, 6.07) is 7.61. The quantitative estimate of drug-likeness (QED) is 0.525. The lowest BCUT2D eigenvalue weighted by molar-refractivity contribution is 0.00578. The molecule has 9 nitrogen and oxygen atoms in total. The zero-order valence-electron chi connectivity index (χ0n) is 19.7. The van der Waals surface area contributed by atoms with Crippen molar-refractivity contribution in [1.82, 2.24) is 9.78 Å². The summed E-state index contributed by atoms with van der Waals surface area (Å²) in [6.07, 6.45) is 4.54. The smallest absolute Gasteiger partial charge is 0.465 e. The molecule has 1 aliphatic heterocycles. The van der Waals surface area contributed by atoms with Crippen LogP contribution in [0.25, 0.3) is 0 Å². The number of ether oxygens (including phenoxy) is 1. The van der Waals surface area contributed by atoms with Gasteiger partial charge in [-0.25, -0.2) is 4.79 Å². The van der Waals surface area contributed by atoms with E-state index in [0.29, 0.717) is 28.2 Å². The maximum absolute atomic E-state index is 12.4. The van der Waals surface area contributed by atoms with Gasteiger partial charge in [-0.05, 0) is 70.6 Å². The van der Waals surface area contributed by atoms with Crippen LogP contribution in [-0.2, 0) is 14.0 Å². The van der Waals surface area contributed by atoms with E-state index < -0.39 is 24.3 Å². The van der Waals surface area contributed by atoms with E-state index in [2.05, 4.69) is 16.5 Å². The highest BCUT2D eigenvalue weighted by atomic mass is 16.7. The number of nitrogens with two attached hydrogens (primary N) is 1. The number of methoxy groups -OCH3 is 1. The van der Waals surface area contributed by atoms with Crippen molar-refractivity contribution in [3.63, 3.8) is 0 Å². The molecule has 1 saturated heterocycles. The van der Waals surface area contributed by atoms with E-state index in [9.17, 15) is 10.1 Å². The van der Waals surface area contributed by atoms with Crippen molar-refractivity contribution in [3.05, 3.63) is 30.0 Å². The Hall–Kier alpha value is -3.03. The number of carbonyl (C=O) groups is 1. The number of rotatable bonds is 5. The molecule has 10 heteroatoms. The standard InChI is InChI=1S/C23H30BN5O4/c1-22(2)23(3,4)33-24(32-22)17-11-15(9-10-16(17)21(30)31-5)27-20-18(26)13-29(28-20)19-8-6-7-14(19)12-25/h9-11,13-14,19H,6-8,26H2,1-5H3,(H,27,28)/t14-,19+/m0/s1. The zero-order valence-corrected chi connectivity index (χ0v) is 19.7. The molecule has 0 bridgehead atoms. The Balaban J connectivity index is 1.64. The molecule has 1 aliphatic carbocycles. The Bertz CT molecular complexity index is 1090. The van der Waals surface area contributed by atoms with Crippen molar-refractivity contribution < 1.29 is 18.8 Å². The second kappa shape index (κ2) is 8.39. The summed E-state index contributed by atoms with van der Waals surface area (Å²) >= 11 is 0. The number of esters is 1. The van der Waals surface area contributed by atoms with E-state index >= 15 is 0 Å². The molecule has 0 radical (unpaired) electrons. The summed E-state index contributed by atoms with van der Waals surface area (Å²) in [6.45, 7) is 7.82. The number of hydrogen-bond donors (Lipinski definition) is 2. The molecule has 2 aliphatic rings. The molecule has 3 N–H and O–H groups in total. The zero-order chi connectivity index (χ0) is 24.0. The first-order valence-electron chi connectivity index (χ1n) is 11.2. The number of nitrogens with zero attached hydrogens (tertiary/aromatic N) is 3. The number of anilines is 3. The number of nitrogens with one attached hydrogen (secondary N) is 1. The predicted octanol–water partition coefficient (Wildman–Crippen LogP) is 3.16. The highest BCUT2D eigenvalue weighted by Crippen LogP contribution is 2.38. The Kier molecular flexibility index (Phi) is 5.89. The number of carbonyl (C=O) groups excluding carboxylic acids is 1. The van der Waals surface area contributed by atoms with Crippen molar-refractivity contribution in [2.24, 2.45) is 5.92 Å². The van der Waals surface area contributed by atoms with Crippen LogP contribution in [-0.4, -0.2) is 41.2 Å². The molecule has 33 heavy (non-hydrogen) atoms. The number of benzene rings is 1. The summed E-state index contributed by atoms with van der Waals surface area (Å²) < 4.78 is 19.1. The molecule has 0 amide bonds. The van der Waals surface area contributed by atoms with Crippen LogP contribution >= 0.6 is 0 Å². The maximum atomic E-state index is 12.4. The van der Waals surface area contributed by atoms with Crippen LogP contribution in [0.2, 0.25) is 0 Å². The Morgan fingerprint density at radius 2 is 2.00 bits per heavy atom. The Morgan fingerprint density at radius 3 is 2.64 bits per heavy atom. The van der Waals surface area contributed by atoms with Crippen LogP contribution in [0.5, 0.6) is 0 Å². The molecule has 2 aromatic rings. The first-order chi connectivity index (χ1) is 15.6.